The summed E-state index contributed by atoms with van der Waals surface area (Å²) >= 11 is 0. The summed E-state index contributed by atoms with van der Waals surface area (Å²) in [5.41, 5.74) is 9.91. The first-order valence-electron chi connectivity index (χ1n) is 4.60. The van der Waals surface area contributed by atoms with Crippen molar-refractivity contribution >= 4 is 11.5 Å². The Hall–Kier alpha value is -1.58. The SMILES string of the molecule is Cc1nc2c(N)nc(C)n2c(C)c1C. The van der Waals surface area contributed by atoms with Gasteiger partial charge in [-0.1, -0.05) is 0 Å². The molecule has 14 heavy (non-hydrogen) atoms. The van der Waals surface area contributed by atoms with Crippen molar-refractivity contribution in [3.05, 3.63) is 22.8 Å². The van der Waals surface area contributed by atoms with Crippen LogP contribution in [0.15, 0.2) is 0 Å². The van der Waals surface area contributed by atoms with Crippen LogP contribution in [0.1, 0.15) is 22.8 Å². The van der Waals surface area contributed by atoms with Gasteiger partial charge < -0.3 is 5.73 Å². The van der Waals surface area contributed by atoms with Crippen LogP contribution in [0.25, 0.3) is 5.65 Å². The van der Waals surface area contributed by atoms with Crippen LogP contribution in [0.4, 0.5) is 5.82 Å². The van der Waals surface area contributed by atoms with Crippen molar-refractivity contribution in [1.82, 2.24) is 14.4 Å². The van der Waals surface area contributed by atoms with Gasteiger partial charge in [-0.05, 0) is 33.3 Å². The molecule has 2 N–H and O–H groups in total. The monoisotopic (exact) mass is 190 g/mol. The van der Waals surface area contributed by atoms with E-state index in [-0.39, 0.29) is 0 Å². The maximum Gasteiger partial charge on any atom is 0.181 e. The molecule has 0 unspecified atom stereocenters. The summed E-state index contributed by atoms with van der Waals surface area (Å²) in [5, 5.41) is 0. The Morgan fingerprint density at radius 3 is 2.36 bits per heavy atom. The van der Waals surface area contributed by atoms with Crippen molar-refractivity contribution in [1.29, 1.82) is 0 Å². The molecule has 0 saturated heterocycles. The first-order valence-corrected chi connectivity index (χ1v) is 4.60. The minimum Gasteiger partial charge on any atom is -0.381 e. The smallest absolute Gasteiger partial charge is 0.181 e. The van der Waals surface area contributed by atoms with Crippen molar-refractivity contribution < 1.29 is 0 Å². The summed E-state index contributed by atoms with van der Waals surface area (Å²) in [6.07, 6.45) is 0. The number of imidazole rings is 1. The van der Waals surface area contributed by atoms with E-state index in [4.69, 9.17) is 5.73 Å². The van der Waals surface area contributed by atoms with Gasteiger partial charge in [0.25, 0.3) is 0 Å². The number of rotatable bonds is 0. The Bertz CT molecular complexity index is 511. The third-order valence-electron chi connectivity index (χ3n) is 2.74. The summed E-state index contributed by atoms with van der Waals surface area (Å²) < 4.78 is 2.00. The number of nitrogens with zero attached hydrogens (tertiary/aromatic N) is 3. The van der Waals surface area contributed by atoms with Crippen molar-refractivity contribution in [2.24, 2.45) is 0 Å². The van der Waals surface area contributed by atoms with E-state index in [2.05, 4.69) is 23.8 Å². The molecule has 0 atom stereocenters. The highest BCUT2D eigenvalue weighted by molar-refractivity contribution is 5.62. The third kappa shape index (κ3) is 0.999. The zero-order valence-corrected chi connectivity index (χ0v) is 8.92. The molecular weight excluding hydrogens is 176 g/mol. The zero-order chi connectivity index (χ0) is 10.5. The number of anilines is 1. The van der Waals surface area contributed by atoms with Gasteiger partial charge >= 0.3 is 0 Å². The molecule has 2 aromatic heterocycles. The highest BCUT2D eigenvalue weighted by atomic mass is 15.1. The molecule has 0 spiro atoms. The predicted octanol–water partition coefficient (Wildman–Crippen LogP) is 1.55. The Morgan fingerprint density at radius 2 is 1.71 bits per heavy atom. The first kappa shape index (κ1) is 8.99. The molecule has 0 amide bonds. The van der Waals surface area contributed by atoms with E-state index in [9.17, 15) is 0 Å². The minimum atomic E-state index is 0.508. The van der Waals surface area contributed by atoms with Crippen LogP contribution >= 0.6 is 0 Å². The van der Waals surface area contributed by atoms with E-state index in [1.165, 1.54) is 5.56 Å². The van der Waals surface area contributed by atoms with Gasteiger partial charge in [0.1, 0.15) is 5.82 Å². The normalized spacial score (nSPS) is 11.1. The lowest BCUT2D eigenvalue weighted by Crippen LogP contribution is -2.02. The fourth-order valence-electron chi connectivity index (χ4n) is 1.72. The lowest BCUT2D eigenvalue weighted by Gasteiger charge is -2.07. The predicted molar refractivity (Wildman–Crippen MR) is 56.3 cm³/mol. The van der Waals surface area contributed by atoms with Crippen LogP contribution in [0.3, 0.4) is 0 Å². The second-order valence-electron chi connectivity index (χ2n) is 3.61. The molecule has 4 nitrogen and oxygen atoms in total. The van der Waals surface area contributed by atoms with Crippen LogP contribution < -0.4 is 5.73 Å². The average molecular weight is 190 g/mol. The Labute approximate surface area is 82.8 Å². The summed E-state index contributed by atoms with van der Waals surface area (Å²) in [7, 11) is 0. The molecule has 0 aromatic carbocycles. The second-order valence-corrected chi connectivity index (χ2v) is 3.61. The summed E-state index contributed by atoms with van der Waals surface area (Å²) in [6, 6.07) is 0. The molecule has 0 radical (unpaired) electrons. The molecule has 0 aliphatic heterocycles. The molecule has 0 saturated carbocycles. The fraction of sp³-hybridized carbons (Fsp3) is 0.400. The van der Waals surface area contributed by atoms with E-state index >= 15 is 0 Å². The molecule has 4 heteroatoms. The van der Waals surface area contributed by atoms with Gasteiger partial charge in [-0.15, -0.1) is 0 Å². The fourth-order valence-corrected chi connectivity index (χ4v) is 1.72. The molecule has 0 bridgehead atoms. The van der Waals surface area contributed by atoms with E-state index in [1.807, 2.05) is 18.2 Å². The molecule has 2 heterocycles. The molecule has 74 valence electrons. The van der Waals surface area contributed by atoms with Crippen LogP contribution in [0.5, 0.6) is 0 Å². The van der Waals surface area contributed by atoms with Crippen LogP contribution in [0.2, 0.25) is 0 Å². The lowest BCUT2D eigenvalue weighted by molar-refractivity contribution is 0.940. The average Bonchev–Trinajstić information content (AvgIpc) is 2.38. The summed E-state index contributed by atoms with van der Waals surface area (Å²) in [5.74, 6) is 1.40. The van der Waals surface area contributed by atoms with Gasteiger partial charge in [-0.25, -0.2) is 9.97 Å². The zero-order valence-electron chi connectivity index (χ0n) is 8.92. The summed E-state index contributed by atoms with van der Waals surface area (Å²) in [4.78, 5) is 8.64. The molecule has 0 aliphatic rings. The van der Waals surface area contributed by atoms with Gasteiger partial charge in [-0.3, -0.25) is 4.40 Å². The van der Waals surface area contributed by atoms with Crippen molar-refractivity contribution in [2.75, 3.05) is 5.73 Å². The highest BCUT2D eigenvalue weighted by Crippen LogP contribution is 2.19. The maximum atomic E-state index is 5.77. The lowest BCUT2D eigenvalue weighted by atomic mass is 10.2. The van der Waals surface area contributed by atoms with E-state index < -0.39 is 0 Å². The Balaban J connectivity index is 3.01. The van der Waals surface area contributed by atoms with Gasteiger partial charge in [-0.2, -0.15) is 0 Å². The molecule has 2 aromatic rings. The van der Waals surface area contributed by atoms with Gasteiger partial charge in [0.05, 0.1) is 0 Å². The maximum absolute atomic E-state index is 5.77. The number of nitrogen functional groups attached to an aromatic ring is 1. The van der Waals surface area contributed by atoms with E-state index in [0.717, 1.165) is 22.9 Å². The second kappa shape index (κ2) is 2.70. The third-order valence-corrected chi connectivity index (χ3v) is 2.74. The van der Waals surface area contributed by atoms with E-state index in [1.54, 1.807) is 0 Å². The quantitative estimate of drug-likeness (QED) is 0.685. The topological polar surface area (TPSA) is 56.2 Å². The minimum absolute atomic E-state index is 0.508. The van der Waals surface area contributed by atoms with Crippen LogP contribution in [0, 0.1) is 27.7 Å². The molecule has 0 fully saturated rings. The van der Waals surface area contributed by atoms with Gasteiger partial charge in [0.15, 0.2) is 11.5 Å². The van der Waals surface area contributed by atoms with Crippen molar-refractivity contribution in [3.63, 3.8) is 0 Å². The van der Waals surface area contributed by atoms with E-state index in [0.29, 0.717) is 5.82 Å². The Kier molecular flexibility index (Phi) is 1.74. The number of aromatic nitrogens is 3. The first-order chi connectivity index (χ1) is 6.52. The van der Waals surface area contributed by atoms with Crippen molar-refractivity contribution in [3.8, 4) is 0 Å². The summed E-state index contributed by atoms with van der Waals surface area (Å²) in [6.45, 7) is 8.05. The molecular formula is C10H14N4. The van der Waals surface area contributed by atoms with Crippen molar-refractivity contribution in [2.45, 2.75) is 27.7 Å². The largest absolute Gasteiger partial charge is 0.381 e. The highest BCUT2D eigenvalue weighted by Gasteiger charge is 2.11. The number of hydrogen-bond acceptors (Lipinski definition) is 3. The standard InChI is InChI=1S/C10H14N4/c1-5-6(2)12-10-9(11)13-8(4)14(10)7(5)3/h11H2,1-4H3. The number of hydrogen-bond donors (Lipinski definition) is 1. The van der Waals surface area contributed by atoms with Gasteiger partial charge in [0.2, 0.25) is 0 Å². The number of fused-ring (bicyclic) bond motifs is 1. The molecule has 0 aliphatic carbocycles. The van der Waals surface area contributed by atoms with Crippen LogP contribution in [-0.2, 0) is 0 Å². The Morgan fingerprint density at radius 1 is 1.07 bits per heavy atom. The number of nitrogens with two attached hydrogens (primary N) is 1. The number of aryl methyl sites for hydroxylation is 3. The van der Waals surface area contributed by atoms with Gasteiger partial charge in [0, 0.05) is 11.4 Å². The van der Waals surface area contributed by atoms with Crippen LogP contribution in [-0.4, -0.2) is 14.4 Å². The molecule has 2 rings (SSSR count).